The van der Waals surface area contributed by atoms with Crippen LogP contribution in [0.4, 0.5) is 15.8 Å². The van der Waals surface area contributed by atoms with Crippen LogP contribution in [0.25, 0.3) is 0 Å². The van der Waals surface area contributed by atoms with Gasteiger partial charge in [-0.15, -0.1) is 0 Å². The van der Waals surface area contributed by atoms with E-state index in [1.54, 1.807) is 18.9 Å². The summed E-state index contributed by atoms with van der Waals surface area (Å²) < 4.78 is 13.4. The van der Waals surface area contributed by atoms with E-state index in [2.05, 4.69) is 15.9 Å². The van der Waals surface area contributed by atoms with E-state index in [1.807, 2.05) is 6.07 Å². The molecular weight excluding hydrogens is 305 g/mol. The largest absolute Gasteiger partial charge is 0.368 e. The van der Waals surface area contributed by atoms with Crippen LogP contribution in [0.15, 0.2) is 16.6 Å². The molecule has 1 aromatic carbocycles. The lowest BCUT2D eigenvalue weighted by molar-refractivity contribution is -0.384. The predicted molar refractivity (Wildman–Crippen MR) is 68.8 cm³/mol. The van der Waals surface area contributed by atoms with Crippen LogP contribution < -0.4 is 4.90 Å². The Morgan fingerprint density at radius 2 is 2.28 bits per heavy atom. The predicted octanol–water partition coefficient (Wildman–Crippen LogP) is 3.09. The summed E-state index contributed by atoms with van der Waals surface area (Å²) in [7, 11) is 1.63. The number of nitro groups is 1. The molecule has 0 aliphatic carbocycles. The summed E-state index contributed by atoms with van der Waals surface area (Å²) in [5, 5.41) is 19.6. The van der Waals surface area contributed by atoms with Crippen LogP contribution in [0.2, 0.25) is 0 Å². The number of rotatable bonds is 4. The molecule has 0 saturated carbocycles. The summed E-state index contributed by atoms with van der Waals surface area (Å²) in [6, 6.07) is 4.26. The molecule has 0 amide bonds. The van der Waals surface area contributed by atoms with Crippen molar-refractivity contribution in [3.8, 4) is 6.07 Å². The minimum atomic E-state index is -0.688. The molecule has 0 saturated heterocycles. The molecule has 0 fully saturated rings. The fraction of sp³-hybridized carbons (Fsp3) is 0.364. The van der Waals surface area contributed by atoms with E-state index >= 15 is 0 Å². The molecule has 0 N–H and O–H groups in total. The number of anilines is 1. The lowest BCUT2D eigenvalue weighted by Crippen LogP contribution is -2.24. The molecule has 0 bridgehead atoms. The first-order chi connectivity index (χ1) is 8.36. The zero-order valence-electron chi connectivity index (χ0n) is 9.85. The molecule has 5 nitrogen and oxygen atoms in total. The van der Waals surface area contributed by atoms with Crippen molar-refractivity contribution in [2.24, 2.45) is 5.92 Å². The van der Waals surface area contributed by atoms with Gasteiger partial charge < -0.3 is 4.90 Å². The number of nitrogens with zero attached hydrogens (tertiary/aromatic N) is 3. The van der Waals surface area contributed by atoms with Gasteiger partial charge in [-0.2, -0.15) is 5.26 Å². The van der Waals surface area contributed by atoms with Gasteiger partial charge in [-0.3, -0.25) is 10.1 Å². The first-order valence-corrected chi connectivity index (χ1v) is 5.90. The van der Waals surface area contributed by atoms with Gasteiger partial charge in [0.15, 0.2) is 0 Å². The van der Waals surface area contributed by atoms with E-state index in [-0.39, 0.29) is 21.8 Å². The van der Waals surface area contributed by atoms with E-state index in [4.69, 9.17) is 5.26 Å². The van der Waals surface area contributed by atoms with Gasteiger partial charge in [0, 0.05) is 13.6 Å². The Morgan fingerprint density at radius 1 is 1.67 bits per heavy atom. The first kappa shape index (κ1) is 14.4. The van der Waals surface area contributed by atoms with E-state index in [9.17, 15) is 14.5 Å². The van der Waals surface area contributed by atoms with E-state index in [0.29, 0.717) is 6.54 Å². The maximum absolute atomic E-state index is 13.3. The summed E-state index contributed by atoms with van der Waals surface area (Å²) in [6.07, 6.45) is 0. The van der Waals surface area contributed by atoms with E-state index < -0.39 is 10.7 Å². The molecule has 0 aromatic heterocycles. The molecule has 0 aliphatic heterocycles. The highest BCUT2D eigenvalue weighted by Gasteiger charge is 2.21. The Labute approximate surface area is 112 Å². The summed E-state index contributed by atoms with van der Waals surface area (Å²) in [6.45, 7) is 2.04. The van der Waals surface area contributed by atoms with Gasteiger partial charge in [-0.05, 0) is 28.9 Å². The zero-order chi connectivity index (χ0) is 13.9. The summed E-state index contributed by atoms with van der Waals surface area (Å²) >= 11 is 2.99. The van der Waals surface area contributed by atoms with Crippen LogP contribution in [0.5, 0.6) is 0 Å². The third-order valence-corrected chi connectivity index (χ3v) is 3.00. The third kappa shape index (κ3) is 3.17. The van der Waals surface area contributed by atoms with Crippen molar-refractivity contribution in [1.29, 1.82) is 5.26 Å². The van der Waals surface area contributed by atoms with Crippen LogP contribution in [-0.2, 0) is 0 Å². The van der Waals surface area contributed by atoms with Gasteiger partial charge in [0.25, 0.3) is 5.69 Å². The summed E-state index contributed by atoms with van der Waals surface area (Å²) in [5.41, 5.74) is -0.0429. The number of hydrogen-bond acceptors (Lipinski definition) is 4. The topological polar surface area (TPSA) is 70.2 Å². The highest BCUT2D eigenvalue weighted by atomic mass is 79.9. The molecule has 7 heteroatoms. The van der Waals surface area contributed by atoms with Gasteiger partial charge in [0.2, 0.25) is 0 Å². The number of benzene rings is 1. The minimum absolute atomic E-state index is 0.152. The van der Waals surface area contributed by atoms with Crippen molar-refractivity contribution >= 4 is 27.3 Å². The summed E-state index contributed by atoms with van der Waals surface area (Å²) in [5.74, 6) is -0.967. The van der Waals surface area contributed by atoms with Crippen molar-refractivity contribution in [1.82, 2.24) is 0 Å². The van der Waals surface area contributed by atoms with Crippen molar-refractivity contribution in [2.75, 3.05) is 18.5 Å². The van der Waals surface area contributed by atoms with Crippen molar-refractivity contribution in [3.63, 3.8) is 0 Å². The second-order valence-corrected chi connectivity index (χ2v) is 4.78. The fourth-order valence-electron chi connectivity index (χ4n) is 1.53. The molecule has 1 unspecified atom stereocenters. The van der Waals surface area contributed by atoms with E-state index in [1.165, 1.54) is 6.07 Å². The standard InChI is InChI=1S/C11H11BrFN3O2/c1-7(5-14)6-15(2)10-3-8(12)9(13)4-11(10)16(17)18/h3-4,7H,6H2,1-2H3. The first-order valence-electron chi connectivity index (χ1n) is 5.11. The lowest BCUT2D eigenvalue weighted by Gasteiger charge is -2.20. The van der Waals surface area contributed by atoms with Gasteiger partial charge in [-0.1, -0.05) is 0 Å². The summed E-state index contributed by atoms with van der Waals surface area (Å²) in [4.78, 5) is 11.8. The number of hydrogen-bond donors (Lipinski definition) is 0. The highest BCUT2D eigenvalue weighted by Crippen LogP contribution is 2.33. The Hall–Kier alpha value is -1.68. The highest BCUT2D eigenvalue weighted by molar-refractivity contribution is 9.10. The van der Waals surface area contributed by atoms with Crippen LogP contribution in [0.1, 0.15) is 6.92 Å². The van der Waals surface area contributed by atoms with Crippen LogP contribution >= 0.6 is 15.9 Å². The smallest absolute Gasteiger partial charge is 0.295 e. The van der Waals surface area contributed by atoms with Crippen molar-refractivity contribution < 1.29 is 9.31 Å². The molecule has 1 aromatic rings. The van der Waals surface area contributed by atoms with Crippen LogP contribution in [-0.4, -0.2) is 18.5 Å². The van der Waals surface area contributed by atoms with Gasteiger partial charge in [-0.25, -0.2) is 4.39 Å². The average molecular weight is 316 g/mol. The van der Waals surface area contributed by atoms with Crippen molar-refractivity contribution in [2.45, 2.75) is 6.92 Å². The van der Waals surface area contributed by atoms with Gasteiger partial charge in [0.05, 0.1) is 27.4 Å². The normalized spacial score (nSPS) is 11.7. The van der Waals surface area contributed by atoms with Gasteiger partial charge >= 0.3 is 0 Å². The third-order valence-electron chi connectivity index (χ3n) is 2.39. The Kier molecular flexibility index (Phi) is 4.62. The number of nitriles is 1. The molecule has 0 spiro atoms. The zero-order valence-corrected chi connectivity index (χ0v) is 11.4. The number of halogens is 2. The lowest BCUT2D eigenvalue weighted by atomic mass is 10.1. The monoisotopic (exact) mass is 315 g/mol. The van der Waals surface area contributed by atoms with E-state index in [0.717, 1.165) is 6.07 Å². The van der Waals surface area contributed by atoms with Crippen molar-refractivity contribution in [3.05, 3.63) is 32.5 Å². The molecule has 96 valence electrons. The SMILES string of the molecule is CC(C#N)CN(C)c1cc(Br)c(F)cc1[N+](=O)[O-]. The molecule has 1 rings (SSSR count). The molecular formula is C11H11BrFN3O2. The van der Waals surface area contributed by atoms with Gasteiger partial charge in [0.1, 0.15) is 11.5 Å². The Balaban J connectivity index is 3.18. The molecule has 0 heterocycles. The molecule has 0 aliphatic rings. The minimum Gasteiger partial charge on any atom is -0.368 e. The second kappa shape index (κ2) is 5.78. The maximum Gasteiger partial charge on any atom is 0.295 e. The Morgan fingerprint density at radius 3 is 2.78 bits per heavy atom. The second-order valence-electron chi connectivity index (χ2n) is 3.92. The maximum atomic E-state index is 13.3. The average Bonchev–Trinajstić information content (AvgIpc) is 2.31. The van der Waals surface area contributed by atoms with Crippen LogP contribution in [0, 0.1) is 33.2 Å². The fourth-order valence-corrected chi connectivity index (χ4v) is 1.86. The van der Waals surface area contributed by atoms with Crippen LogP contribution in [0.3, 0.4) is 0 Å². The quantitative estimate of drug-likeness (QED) is 0.632. The molecule has 1 atom stereocenters. The Bertz CT molecular complexity index is 516. The number of nitro benzene ring substituents is 1. The molecule has 0 radical (unpaired) electrons. The molecule has 18 heavy (non-hydrogen) atoms.